The van der Waals surface area contributed by atoms with E-state index in [0.717, 1.165) is 0 Å². The van der Waals surface area contributed by atoms with Gasteiger partial charge in [-0.1, -0.05) is 67.4 Å². The van der Waals surface area contributed by atoms with Crippen LogP contribution < -0.4 is 0 Å². The molecule has 234 valence electrons. The molecule has 0 bridgehead atoms. The minimum Gasteiger partial charge on any atom is -0.464 e. The third kappa shape index (κ3) is 9.65. The Kier molecular flexibility index (Phi) is 12.4. The zero-order valence-electron chi connectivity index (χ0n) is 28.3. The summed E-state index contributed by atoms with van der Waals surface area (Å²) < 4.78 is 32.6. The van der Waals surface area contributed by atoms with E-state index >= 15 is 0 Å². The summed E-state index contributed by atoms with van der Waals surface area (Å²) in [5.74, 6) is -0.416. The summed E-state index contributed by atoms with van der Waals surface area (Å²) >= 11 is 0. The molecule has 1 saturated heterocycles. The number of esters is 1. The number of carbonyl (C=O) groups excluding carboxylic acids is 1. The van der Waals surface area contributed by atoms with Crippen molar-refractivity contribution in [3.8, 4) is 0 Å². The zero-order chi connectivity index (χ0) is 31.5. The Morgan fingerprint density at radius 1 is 0.825 bits per heavy atom. The van der Waals surface area contributed by atoms with Crippen molar-refractivity contribution in [2.75, 3.05) is 13.2 Å². The van der Waals surface area contributed by atoms with Gasteiger partial charge in [-0.2, -0.15) is 0 Å². The second-order valence-electron chi connectivity index (χ2n) is 15.6. The lowest BCUT2D eigenvalue weighted by Crippen LogP contribution is -2.57. The Bertz CT molecular complexity index is 902. The average molecular weight is 618 g/mol. The molecule has 0 aromatic carbocycles. The second-order valence-corrected chi connectivity index (χ2v) is 29.9. The fraction of sp³-hybridized carbons (Fsp3) is 0.964. The van der Waals surface area contributed by atoms with Crippen molar-refractivity contribution in [2.45, 2.75) is 161 Å². The van der Waals surface area contributed by atoms with Crippen molar-refractivity contribution >= 4 is 30.9 Å². The lowest BCUT2D eigenvalue weighted by Gasteiger charge is -2.44. The summed E-state index contributed by atoms with van der Waals surface area (Å²) in [6.45, 7) is 35.0. The number of hydrogen-bond acceptors (Lipinski definition) is 7. The van der Waals surface area contributed by atoms with E-state index < -0.39 is 49.2 Å². The highest BCUT2D eigenvalue weighted by Crippen LogP contribution is 2.46. The summed E-state index contributed by atoms with van der Waals surface area (Å²) in [6.07, 6.45) is -2.05. The fourth-order valence-electron chi connectivity index (χ4n) is 3.56. The average Bonchev–Trinajstić information content (AvgIpc) is 3.54. The van der Waals surface area contributed by atoms with Crippen molar-refractivity contribution in [3.63, 3.8) is 0 Å². The molecule has 0 aliphatic carbocycles. The molecule has 0 unspecified atom stereocenters. The first kappa shape index (κ1) is 37.3. The molecule has 0 N–H and O–H groups in total. The van der Waals surface area contributed by atoms with Crippen LogP contribution >= 0.6 is 0 Å². The molecule has 1 fully saturated rings. The van der Waals surface area contributed by atoms with E-state index in [0.29, 0.717) is 13.0 Å². The van der Waals surface area contributed by atoms with Crippen LogP contribution in [0.25, 0.3) is 10.4 Å². The molecule has 40 heavy (non-hydrogen) atoms. The standard InChI is InChI=1S/C28H59N3O6Si3/c1-17-33-25(32)24(37-40(15,16)28(8,9)10)23(36-39(13,14)27(5,6)7)22-21(34-22)20(18-19-30-31-29)35-38(11,12)26(2,3)4/h20-24H,17-19H2,1-16H3/t20-,21-,22+,23-,24+/m0/s1. The van der Waals surface area contributed by atoms with E-state index in [1.165, 1.54) is 0 Å². The number of ether oxygens (including phenoxy) is 2. The van der Waals surface area contributed by atoms with Gasteiger partial charge in [0.1, 0.15) is 18.3 Å². The van der Waals surface area contributed by atoms with Gasteiger partial charge in [-0.3, -0.25) is 0 Å². The molecule has 1 aliphatic rings. The summed E-state index contributed by atoms with van der Waals surface area (Å²) in [4.78, 5) is 16.5. The second kappa shape index (κ2) is 13.3. The van der Waals surface area contributed by atoms with Gasteiger partial charge in [-0.15, -0.1) is 0 Å². The van der Waals surface area contributed by atoms with Gasteiger partial charge in [0.05, 0.1) is 12.7 Å². The van der Waals surface area contributed by atoms with E-state index in [-0.39, 0.29) is 33.9 Å². The Morgan fingerprint density at radius 3 is 1.70 bits per heavy atom. The third-order valence-electron chi connectivity index (χ3n) is 9.36. The molecule has 0 radical (unpaired) electrons. The van der Waals surface area contributed by atoms with Gasteiger partial charge in [-0.05, 0) is 73.3 Å². The lowest BCUT2D eigenvalue weighted by molar-refractivity contribution is -0.158. The predicted octanol–water partition coefficient (Wildman–Crippen LogP) is 8.19. The first-order valence-corrected chi connectivity index (χ1v) is 23.4. The minimum atomic E-state index is -2.40. The largest absolute Gasteiger partial charge is 0.464 e. The maximum atomic E-state index is 13.6. The molecular formula is C28H59N3O6Si3. The summed E-state index contributed by atoms with van der Waals surface area (Å²) in [5, 5.41) is 3.56. The maximum absolute atomic E-state index is 13.6. The van der Waals surface area contributed by atoms with Crippen LogP contribution in [-0.2, 0) is 27.5 Å². The molecule has 5 atom stereocenters. The van der Waals surface area contributed by atoms with Crippen molar-refractivity contribution in [1.82, 2.24) is 0 Å². The van der Waals surface area contributed by atoms with Crippen LogP contribution in [0.1, 0.15) is 75.7 Å². The summed E-state index contributed by atoms with van der Waals surface area (Å²) in [5.41, 5.74) is 8.91. The van der Waals surface area contributed by atoms with E-state index in [9.17, 15) is 4.79 Å². The number of rotatable bonds is 14. The molecule has 1 aliphatic heterocycles. The Hall–Kier alpha value is -0.729. The smallest absolute Gasteiger partial charge is 0.336 e. The molecular weight excluding hydrogens is 559 g/mol. The number of azide groups is 1. The minimum absolute atomic E-state index is 0.00984. The van der Waals surface area contributed by atoms with Crippen LogP contribution in [-0.4, -0.2) is 74.6 Å². The van der Waals surface area contributed by atoms with Crippen LogP contribution in [0.4, 0.5) is 0 Å². The van der Waals surface area contributed by atoms with Crippen LogP contribution in [0, 0.1) is 0 Å². The number of hydrogen-bond donors (Lipinski definition) is 0. The third-order valence-corrected chi connectivity index (χ3v) is 22.8. The van der Waals surface area contributed by atoms with E-state index in [1.54, 1.807) is 6.92 Å². The fourth-order valence-corrected chi connectivity index (χ4v) is 7.43. The quantitative estimate of drug-likeness (QED) is 0.0484. The first-order chi connectivity index (χ1) is 17.8. The Labute approximate surface area is 247 Å². The molecule has 12 heteroatoms. The predicted molar refractivity (Wildman–Crippen MR) is 170 cm³/mol. The van der Waals surface area contributed by atoms with Gasteiger partial charge in [0.15, 0.2) is 31.1 Å². The molecule has 0 amide bonds. The van der Waals surface area contributed by atoms with Gasteiger partial charge < -0.3 is 22.8 Å². The van der Waals surface area contributed by atoms with Crippen molar-refractivity contribution < 1.29 is 27.5 Å². The molecule has 0 saturated carbocycles. The van der Waals surface area contributed by atoms with Crippen molar-refractivity contribution in [1.29, 1.82) is 0 Å². The Morgan fingerprint density at radius 2 is 1.27 bits per heavy atom. The topological polar surface area (TPSA) is 115 Å². The van der Waals surface area contributed by atoms with E-state index in [2.05, 4.69) is 112 Å². The molecule has 1 rings (SSSR count). The van der Waals surface area contributed by atoms with Crippen LogP contribution in [0.15, 0.2) is 5.11 Å². The molecule has 1 heterocycles. The maximum Gasteiger partial charge on any atom is 0.336 e. The van der Waals surface area contributed by atoms with Gasteiger partial charge in [0, 0.05) is 11.5 Å². The first-order valence-electron chi connectivity index (χ1n) is 14.7. The SMILES string of the molecule is CCOC(=O)[C@H](O[Si](C)(C)C(C)(C)C)[C@@H](O[Si](C)(C)C(C)(C)C)[C@@H]1O[C@H]1[C@H](CCN=[N+]=[N-])O[Si](C)(C)C(C)(C)C. The number of nitrogens with zero attached hydrogens (tertiary/aromatic N) is 3. The van der Waals surface area contributed by atoms with Crippen LogP contribution in [0.2, 0.25) is 54.4 Å². The highest BCUT2D eigenvalue weighted by Gasteiger charge is 2.59. The van der Waals surface area contributed by atoms with Crippen molar-refractivity contribution in [3.05, 3.63) is 10.4 Å². The highest BCUT2D eigenvalue weighted by atomic mass is 28.4. The van der Waals surface area contributed by atoms with Crippen LogP contribution in [0.3, 0.4) is 0 Å². The van der Waals surface area contributed by atoms with Gasteiger partial charge in [0.2, 0.25) is 0 Å². The molecule has 0 aromatic heterocycles. The lowest BCUT2D eigenvalue weighted by atomic mass is 10.0. The molecule has 0 aromatic rings. The van der Waals surface area contributed by atoms with E-state index in [1.807, 2.05) is 0 Å². The molecule has 0 spiro atoms. The monoisotopic (exact) mass is 617 g/mol. The van der Waals surface area contributed by atoms with E-state index in [4.69, 9.17) is 28.3 Å². The zero-order valence-corrected chi connectivity index (χ0v) is 31.3. The number of epoxide rings is 1. The number of carbonyl (C=O) groups is 1. The summed E-state index contributed by atoms with van der Waals surface area (Å²) in [7, 11) is -6.95. The molecule has 9 nitrogen and oxygen atoms in total. The normalized spacial score (nSPS) is 21.3. The van der Waals surface area contributed by atoms with Gasteiger partial charge in [0.25, 0.3) is 0 Å². The summed E-state index contributed by atoms with van der Waals surface area (Å²) in [6, 6.07) is 0. The highest BCUT2D eigenvalue weighted by molar-refractivity contribution is 6.75. The van der Waals surface area contributed by atoms with Crippen molar-refractivity contribution in [2.24, 2.45) is 5.11 Å². The Balaban J connectivity index is 3.59. The van der Waals surface area contributed by atoms with Crippen LogP contribution in [0.5, 0.6) is 0 Å². The van der Waals surface area contributed by atoms with Gasteiger partial charge >= 0.3 is 5.97 Å². The van der Waals surface area contributed by atoms with Gasteiger partial charge in [-0.25, -0.2) is 4.79 Å².